The number of aromatic nitrogens is 1. The Balaban J connectivity index is 1.41. The number of amides is 1. The molecule has 0 bridgehead atoms. The number of carbonyl (C=O) groups is 2. The van der Waals surface area contributed by atoms with Crippen LogP contribution < -0.4 is 5.32 Å². The number of esters is 1. The van der Waals surface area contributed by atoms with Crippen molar-refractivity contribution >= 4 is 17.6 Å². The highest BCUT2D eigenvalue weighted by atomic mass is 16.5. The maximum atomic E-state index is 13.0. The second kappa shape index (κ2) is 8.53. The van der Waals surface area contributed by atoms with Crippen LogP contribution >= 0.6 is 0 Å². The van der Waals surface area contributed by atoms with Gasteiger partial charge in [-0.25, -0.2) is 4.79 Å². The molecule has 1 fully saturated rings. The van der Waals surface area contributed by atoms with Crippen LogP contribution in [0.1, 0.15) is 48.7 Å². The van der Waals surface area contributed by atoms with Crippen molar-refractivity contribution in [3.63, 3.8) is 0 Å². The number of anilines is 1. The monoisotopic (exact) mass is 404 g/mol. The summed E-state index contributed by atoms with van der Waals surface area (Å²) in [7, 11) is 0. The smallest absolute Gasteiger partial charge is 0.338 e. The number of benzene rings is 2. The zero-order chi connectivity index (χ0) is 21.0. The maximum absolute atomic E-state index is 13.0. The van der Waals surface area contributed by atoms with E-state index in [0.717, 1.165) is 31.2 Å². The SMILES string of the molecule is CCCCOC(=O)c1ccc(NC(=O)C2(c3cc(-c4ccccc4)on3)CC2)cc1. The maximum Gasteiger partial charge on any atom is 0.338 e. The molecular weight excluding hydrogens is 380 g/mol. The van der Waals surface area contributed by atoms with Gasteiger partial charge in [-0.1, -0.05) is 48.8 Å². The number of ether oxygens (including phenoxy) is 1. The Bertz CT molecular complexity index is 1020. The first-order valence-electron chi connectivity index (χ1n) is 10.2. The van der Waals surface area contributed by atoms with Crippen LogP contribution in [0.15, 0.2) is 65.2 Å². The molecule has 1 aliphatic carbocycles. The normalized spacial score (nSPS) is 14.2. The molecule has 0 saturated heterocycles. The molecule has 0 aliphatic heterocycles. The summed E-state index contributed by atoms with van der Waals surface area (Å²) in [6.45, 7) is 2.46. The summed E-state index contributed by atoms with van der Waals surface area (Å²) in [5.74, 6) is 0.181. The van der Waals surface area contributed by atoms with Gasteiger partial charge in [0.2, 0.25) is 5.91 Å². The Morgan fingerprint density at radius 2 is 1.83 bits per heavy atom. The minimum atomic E-state index is -0.658. The fraction of sp³-hybridized carbons (Fsp3) is 0.292. The summed E-state index contributed by atoms with van der Waals surface area (Å²) in [5.41, 5.74) is 2.01. The highest BCUT2D eigenvalue weighted by molar-refractivity contribution is 6.01. The minimum absolute atomic E-state index is 0.117. The molecule has 1 saturated carbocycles. The Kier molecular flexibility index (Phi) is 5.65. The van der Waals surface area contributed by atoms with E-state index in [1.807, 2.05) is 43.3 Å². The van der Waals surface area contributed by atoms with E-state index in [-0.39, 0.29) is 11.9 Å². The molecule has 0 spiro atoms. The lowest BCUT2D eigenvalue weighted by Crippen LogP contribution is -2.28. The third-order valence-corrected chi connectivity index (χ3v) is 5.35. The number of carbonyl (C=O) groups excluding carboxylic acids is 2. The molecule has 4 rings (SSSR count). The van der Waals surface area contributed by atoms with Crippen molar-refractivity contribution in [1.82, 2.24) is 5.16 Å². The molecule has 1 aromatic heterocycles. The minimum Gasteiger partial charge on any atom is -0.462 e. The zero-order valence-corrected chi connectivity index (χ0v) is 16.9. The predicted octanol–water partition coefficient (Wildman–Crippen LogP) is 4.97. The predicted molar refractivity (Wildman–Crippen MR) is 113 cm³/mol. The van der Waals surface area contributed by atoms with Gasteiger partial charge in [-0.15, -0.1) is 0 Å². The molecule has 0 atom stereocenters. The van der Waals surface area contributed by atoms with E-state index >= 15 is 0 Å². The summed E-state index contributed by atoms with van der Waals surface area (Å²) in [5, 5.41) is 7.10. The van der Waals surface area contributed by atoms with Crippen molar-refractivity contribution in [1.29, 1.82) is 0 Å². The first kappa shape index (κ1) is 19.9. The Morgan fingerprint density at radius 1 is 1.10 bits per heavy atom. The van der Waals surface area contributed by atoms with Gasteiger partial charge in [0.25, 0.3) is 0 Å². The molecule has 6 nitrogen and oxygen atoms in total. The number of hydrogen-bond donors (Lipinski definition) is 1. The molecule has 2 aromatic carbocycles. The van der Waals surface area contributed by atoms with Crippen LogP contribution in [-0.4, -0.2) is 23.6 Å². The molecule has 3 aromatic rings. The second-order valence-corrected chi connectivity index (χ2v) is 7.55. The quantitative estimate of drug-likeness (QED) is 0.423. The van der Waals surface area contributed by atoms with Crippen LogP contribution in [0.2, 0.25) is 0 Å². The van der Waals surface area contributed by atoms with Crippen molar-refractivity contribution in [2.75, 3.05) is 11.9 Å². The molecule has 30 heavy (non-hydrogen) atoms. The molecular formula is C24H24N2O4. The van der Waals surface area contributed by atoms with Crippen LogP contribution in [0.25, 0.3) is 11.3 Å². The van der Waals surface area contributed by atoms with Crippen LogP contribution in [0, 0.1) is 0 Å². The molecule has 154 valence electrons. The Labute approximate surface area is 175 Å². The molecule has 0 radical (unpaired) electrons. The largest absolute Gasteiger partial charge is 0.462 e. The summed E-state index contributed by atoms with van der Waals surface area (Å²) in [4.78, 5) is 25.0. The van der Waals surface area contributed by atoms with Crippen molar-refractivity contribution in [2.45, 2.75) is 38.0 Å². The fourth-order valence-electron chi connectivity index (χ4n) is 3.30. The van der Waals surface area contributed by atoms with E-state index in [0.29, 0.717) is 29.3 Å². The highest BCUT2D eigenvalue weighted by Crippen LogP contribution is 2.49. The van der Waals surface area contributed by atoms with E-state index in [4.69, 9.17) is 9.26 Å². The van der Waals surface area contributed by atoms with Crippen molar-refractivity contribution in [3.8, 4) is 11.3 Å². The molecule has 1 amide bonds. The second-order valence-electron chi connectivity index (χ2n) is 7.55. The van der Waals surface area contributed by atoms with Gasteiger partial charge in [-0.05, 0) is 43.5 Å². The van der Waals surface area contributed by atoms with E-state index in [9.17, 15) is 9.59 Å². The van der Waals surface area contributed by atoms with Gasteiger partial charge in [-0.2, -0.15) is 0 Å². The van der Waals surface area contributed by atoms with Crippen LogP contribution in [0.3, 0.4) is 0 Å². The molecule has 6 heteroatoms. The van der Waals surface area contributed by atoms with Crippen LogP contribution in [-0.2, 0) is 14.9 Å². The van der Waals surface area contributed by atoms with Gasteiger partial charge in [-0.3, -0.25) is 4.79 Å². The van der Waals surface area contributed by atoms with E-state index < -0.39 is 5.41 Å². The van der Waals surface area contributed by atoms with E-state index in [1.165, 1.54) is 0 Å². The van der Waals surface area contributed by atoms with Gasteiger partial charge in [0.15, 0.2) is 5.76 Å². The van der Waals surface area contributed by atoms with Gasteiger partial charge >= 0.3 is 5.97 Å². The molecule has 1 aliphatic rings. The van der Waals surface area contributed by atoms with Gasteiger partial charge in [0, 0.05) is 17.3 Å². The lowest BCUT2D eigenvalue weighted by Gasteiger charge is -2.12. The average molecular weight is 404 g/mol. The molecule has 0 unspecified atom stereocenters. The van der Waals surface area contributed by atoms with Crippen molar-refractivity contribution in [3.05, 3.63) is 71.9 Å². The zero-order valence-electron chi connectivity index (χ0n) is 16.9. The third kappa shape index (κ3) is 4.13. The summed E-state index contributed by atoms with van der Waals surface area (Å²) in [6, 6.07) is 18.3. The Morgan fingerprint density at radius 3 is 2.50 bits per heavy atom. The van der Waals surface area contributed by atoms with Gasteiger partial charge < -0.3 is 14.6 Å². The first-order valence-corrected chi connectivity index (χ1v) is 10.2. The number of hydrogen-bond acceptors (Lipinski definition) is 5. The van der Waals surface area contributed by atoms with Crippen molar-refractivity contribution in [2.24, 2.45) is 0 Å². The van der Waals surface area contributed by atoms with Gasteiger partial charge in [0.05, 0.1) is 23.3 Å². The fourth-order valence-corrected chi connectivity index (χ4v) is 3.30. The number of unbranched alkanes of at least 4 members (excludes halogenated alkanes) is 1. The topological polar surface area (TPSA) is 81.4 Å². The number of rotatable bonds is 8. The number of nitrogens with zero attached hydrogens (tertiary/aromatic N) is 1. The molecule has 1 N–H and O–H groups in total. The standard InChI is InChI=1S/C24H24N2O4/c1-2-3-15-29-22(27)18-9-11-19(12-10-18)25-23(28)24(13-14-24)21-16-20(30-26-21)17-7-5-4-6-8-17/h4-12,16H,2-3,13-15H2,1H3,(H,25,28). The summed E-state index contributed by atoms with van der Waals surface area (Å²) >= 11 is 0. The lowest BCUT2D eigenvalue weighted by molar-refractivity contribution is -0.118. The average Bonchev–Trinajstić information content (AvgIpc) is 3.44. The highest BCUT2D eigenvalue weighted by Gasteiger charge is 2.53. The Hall–Kier alpha value is -3.41. The lowest BCUT2D eigenvalue weighted by atomic mass is 10.00. The van der Waals surface area contributed by atoms with Gasteiger partial charge in [0.1, 0.15) is 0 Å². The third-order valence-electron chi connectivity index (χ3n) is 5.35. The number of nitrogens with one attached hydrogen (secondary N) is 1. The summed E-state index contributed by atoms with van der Waals surface area (Å²) < 4.78 is 10.7. The van der Waals surface area contributed by atoms with Crippen molar-refractivity contribution < 1.29 is 18.8 Å². The van der Waals surface area contributed by atoms with Crippen LogP contribution in [0.4, 0.5) is 5.69 Å². The van der Waals surface area contributed by atoms with E-state index in [2.05, 4.69) is 10.5 Å². The summed E-state index contributed by atoms with van der Waals surface area (Å²) in [6.07, 6.45) is 3.26. The van der Waals surface area contributed by atoms with Crippen LogP contribution in [0.5, 0.6) is 0 Å². The molecule has 1 heterocycles. The van der Waals surface area contributed by atoms with E-state index in [1.54, 1.807) is 24.3 Å². The first-order chi connectivity index (χ1) is 14.6.